The highest BCUT2D eigenvalue weighted by molar-refractivity contribution is 9.10. The van der Waals surface area contributed by atoms with Crippen LogP contribution in [0.2, 0.25) is 0 Å². The molecule has 0 heterocycles. The predicted octanol–water partition coefficient (Wildman–Crippen LogP) is 3.94. The van der Waals surface area contributed by atoms with Gasteiger partial charge >= 0.3 is 0 Å². The molecule has 104 valence electrons. The Morgan fingerprint density at radius 1 is 1.20 bits per heavy atom. The van der Waals surface area contributed by atoms with Crippen LogP contribution in [0.1, 0.15) is 5.56 Å². The second kappa shape index (κ2) is 6.38. The van der Waals surface area contributed by atoms with Gasteiger partial charge in [0.05, 0.1) is 16.5 Å². The summed E-state index contributed by atoms with van der Waals surface area (Å²) in [5.41, 5.74) is 0.750. The van der Waals surface area contributed by atoms with Gasteiger partial charge in [0.2, 0.25) is 0 Å². The summed E-state index contributed by atoms with van der Waals surface area (Å²) in [5, 5.41) is 10.8. The maximum absolute atomic E-state index is 10.8. The minimum absolute atomic E-state index is 0.0248. The van der Waals surface area contributed by atoms with Crippen LogP contribution < -0.4 is 9.47 Å². The highest BCUT2D eigenvalue weighted by atomic mass is 79.9. The molecular formula is C14H12BrNO4. The molecule has 0 aliphatic heterocycles. The molecule has 5 nitrogen and oxygen atoms in total. The summed E-state index contributed by atoms with van der Waals surface area (Å²) in [4.78, 5) is 10.4. The summed E-state index contributed by atoms with van der Waals surface area (Å²) >= 11 is 3.15. The van der Waals surface area contributed by atoms with Gasteiger partial charge < -0.3 is 9.47 Å². The zero-order valence-corrected chi connectivity index (χ0v) is 12.3. The molecule has 0 radical (unpaired) electrons. The quantitative estimate of drug-likeness (QED) is 0.612. The fraction of sp³-hybridized carbons (Fsp3) is 0.143. The molecule has 0 fully saturated rings. The summed E-state index contributed by atoms with van der Waals surface area (Å²) in [6.07, 6.45) is 0. The van der Waals surface area contributed by atoms with Gasteiger partial charge in [-0.2, -0.15) is 0 Å². The molecule has 0 N–H and O–H groups in total. The van der Waals surface area contributed by atoms with Gasteiger partial charge in [-0.3, -0.25) is 10.1 Å². The van der Waals surface area contributed by atoms with Crippen molar-refractivity contribution in [2.45, 2.75) is 6.61 Å². The maximum Gasteiger partial charge on any atom is 0.283 e. The van der Waals surface area contributed by atoms with E-state index in [4.69, 9.17) is 9.47 Å². The van der Waals surface area contributed by atoms with Crippen LogP contribution in [0.3, 0.4) is 0 Å². The summed E-state index contributed by atoms with van der Waals surface area (Å²) in [7, 11) is 1.58. The molecule has 6 heteroatoms. The lowest BCUT2D eigenvalue weighted by molar-refractivity contribution is -0.385. The highest BCUT2D eigenvalue weighted by Gasteiger charge is 2.12. The van der Waals surface area contributed by atoms with Gasteiger partial charge in [0.25, 0.3) is 5.69 Å². The Hall–Kier alpha value is -2.08. The van der Waals surface area contributed by atoms with Crippen molar-refractivity contribution in [3.05, 3.63) is 62.6 Å². The molecule has 2 aromatic carbocycles. The molecule has 0 saturated carbocycles. The van der Waals surface area contributed by atoms with E-state index < -0.39 is 4.92 Å². The molecule has 0 atom stereocenters. The molecule has 0 aliphatic carbocycles. The van der Waals surface area contributed by atoms with Crippen LogP contribution in [0.5, 0.6) is 11.5 Å². The molecule has 0 saturated heterocycles. The fourth-order valence-electron chi connectivity index (χ4n) is 1.65. The van der Waals surface area contributed by atoms with E-state index in [1.54, 1.807) is 31.4 Å². The van der Waals surface area contributed by atoms with E-state index in [1.807, 2.05) is 12.1 Å². The van der Waals surface area contributed by atoms with Crippen molar-refractivity contribution in [3.8, 4) is 11.5 Å². The van der Waals surface area contributed by atoms with Crippen molar-refractivity contribution in [3.63, 3.8) is 0 Å². The Bertz CT molecular complexity index is 630. The minimum atomic E-state index is -0.431. The van der Waals surface area contributed by atoms with Crippen molar-refractivity contribution in [2.75, 3.05) is 7.11 Å². The van der Waals surface area contributed by atoms with Gasteiger partial charge in [-0.05, 0) is 39.7 Å². The molecular weight excluding hydrogens is 326 g/mol. The van der Waals surface area contributed by atoms with E-state index in [9.17, 15) is 10.1 Å². The second-order valence-electron chi connectivity index (χ2n) is 4.01. The monoisotopic (exact) mass is 337 g/mol. The van der Waals surface area contributed by atoms with Crippen molar-refractivity contribution in [1.82, 2.24) is 0 Å². The number of hydrogen-bond acceptors (Lipinski definition) is 4. The molecule has 2 rings (SSSR count). The van der Waals surface area contributed by atoms with E-state index in [2.05, 4.69) is 15.9 Å². The van der Waals surface area contributed by atoms with Crippen molar-refractivity contribution < 1.29 is 14.4 Å². The SMILES string of the molecule is COc1cccc(OCc2ccc(Br)c([N+](=O)[O-])c2)c1. The summed E-state index contributed by atoms with van der Waals surface area (Å²) < 4.78 is 11.1. The number of nitrogens with zero attached hydrogens (tertiary/aromatic N) is 1. The van der Waals surface area contributed by atoms with Crippen LogP contribution in [0, 0.1) is 10.1 Å². The van der Waals surface area contributed by atoms with Crippen LogP contribution in [0.15, 0.2) is 46.9 Å². The Morgan fingerprint density at radius 2 is 1.95 bits per heavy atom. The number of rotatable bonds is 5. The van der Waals surface area contributed by atoms with Crippen LogP contribution in [0.25, 0.3) is 0 Å². The summed E-state index contributed by atoms with van der Waals surface area (Å²) in [6.45, 7) is 0.251. The first-order chi connectivity index (χ1) is 9.60. The van der Waals surface area contributed by atoms with Crippen LogP contribution in [-0.4, -0.2) is 12.0 Å². The first-order valence-corrected chi connectivity index (χ1v) is 6.59. The number of halogens is 1. The zero-order chi connectivity index (χ0) is 14.5. The lowest BCUT2D eigenvalue weighted by Gasteiger charge is -2.08. The van der Waals surface area contributed by atoms with Crippen molar-refractivity contribution in [2.24, 2.45) is 0 Å². The van der Waals surface area contributed by atoms with Gasteiger partial charge in [-0.15, -0.1) is 0 Å². The molecule has 0 spiro atoms. The standard InChI is InChI=1S/C14H12BrNO4/c1-19-11-3-2-4-12(8-11)20-9-10-5-6-13(15)14(7-10)16(17)18/h2-8H,9H2,1H3. The normalized spacial score (nSPS) is 10.1. The zero-order valence-electron chi connectivity index (χ0n) is 10.7. The van der Waals surface area contributed by atoms with Gasteiger partial charge in [0.15, 0.2) is 0 Å². The maximum atomic E-state index is 10.8. The number of nitro groups is 1. The third-order valence-corrected chi connectivity index (χ3v) is 3.32. The first-order valence-electron chi connectivity index (χ1n) is 5.80. The minimum Gasteiger partial charge on any atom is -0.497 e. The number of methoxy groups -OCH3 is 1. The lowest BCUT2D eigenvalue weighted by Crippen LogP contribution is -1.98. The summed E-state index contributed by atoms with van der Waals surface area (Å²) in [5.74, 6) is 1.35. The molecule has 0 aliphatic rings. The molecule has 2 aromatic rings. The Labute approximate surface area is 124 Å². The van der Waals surface area contributed by atoms with E-state index in [0.29, 0.717) is 16.0 Å². The highest BCUT2D eigenvalue weighted by Crippen LogP contribution is 2.26. The number of benzene rings is 2. The predicted molar refractivity (Wildman–Crippen MR) is 78.1 cm³/mol. The van der Waals surface area contributed by atoms with E-state index in [1.165, 1.54) is 6.07 Å². The first kappa shape index (κ1) is 14.3. The molecule has 20 heavy (non-hydrogen) atoms. The number of ether oxygens (including phenoxy) is 2. The van der Waals surface area contributed by atoms with E-state index in [0.717, 1.165) is 5.56 Å². The topological polar surface area (TPSA) is 61.6 Å². The van der Waals surface area contributed by atoms with Gasteiger partial charge in [-0.25, -0.2) is 0 Å². The molecule has 0 bridgehead atoms. The largest absolute Gasteiger partial charge is 0.497 e. The smallest absolute Gasteiger partial charge is 0.283 e. The third kappa shape index (κ3) is 3.48. The van der Waals surface area contributed by atoms with Crippen molar-refractivity contribution in [1.29, 1.82) is 0 Å². The van der Waals surface area contributed by atoms with Gasteiger partial charge in [-0.1, -0.05) is 12.1 Å². The molecule has 0 unspecified atom stereocenters. The Morgan fingerprint density at radius 3 is 2.65 bits per heavy atom. The number of hydrogen-bond donors (Lipinski definition) is 0. The Kier molecular flexibility index (Phi) is 4.57. The molecule has 0 amide bonds. The van der Waals surface area contributed by atoms with Gasteiger partial charge in [0.1, 0.15) is 18.1 Å². The average molecular weight is 338 g/mol. The third-order valence-electron chi connectivity index (χ3n) is 2.65. The molecule has 0 aromatic heterocycles. The second-order valence-corrected chi connectivity index (χ2v) is 4.86. The fourth-order valence-corrected chi connectivity index (χ4v) is 2.04. The average Bonchev–Trinajstić information content (AvgIpc) is 2.46. The Balaban J connectivity index is 2.10. The summed E-state index contributed by atoms with van der Waals surface area (Å²) in [6, 6.07) is 12.1. The van der Waals surface area contributed by atoms with E-state index in [-0.39, 0.29) is 12.3 Å². The lowest BCUT2D eigenvalue weighted by atomic mass is 10.2. The van der Waals surface area contributed by atoms with Gasteiger partial charge in [0, 0.05) is 12.1 Å². The van der Waals surface area contributed by atoms with Crippen molar-refractivity contribution >= 4 is 21.6 Å². The number of nitro benzene ring substituents is 1. The van der Waals surface area contributed by atoms with Crippen LogP contribution in [-0.2, 0) is 6.61 Å². The van der Waals surface area contributed by atoms with Crippen LogP contribution >= 0.6 is 15.9 Å². The van der Waals surface area contributed by atoms with Crippen LogP contribution in [0.4, 0.5) is 5.69 Å². The van der Waals surface area contributed by atoms with E-state index >= 15 is 0 Å².